The van der Waals surface area contributed by atoms with Gasteiger partial charge in [-0.3, -0.25) is 14.9 Å². The zero-order chi connectivity index (χ0) is 17.1. The summed E-state index contributed by atoms with van der Waals surface area (Å²) in [6.45, 7) is 6.04. The predicted molar refractivity (Wildman–Crippen MR) is 98.9 cm³/mol. The summed E-state index contributed by atoms with van der Waals surface area (Å²) >= 11 is 0. The van der Waals surface area contributed by atoms with E-state index < -0.39 is 0 Å². The zero-order valence-corrected chi connectivity index (χ0v) is 14.2. The first-order valence-electron chi connectivity index (χ1n) is 8.11. The lowest BCUT2D eigenvalue weighted by molar-refractivity contribution is 0.835. The van der Waals surface area contributed by atoms with Crippen LogP contribution in [0, 0.1) is 13.8 Å². The van der Waals surface area contributed by atoms with E-state index in [1.165, 1.54) is 5.56 Å². The van der Waals surface area contributed by atoms with Crippen molar-refractivity contribution in [1.29, 1.82) is 0 Å². The van der Waals surface area contributed by atoms with Gasteiger partial charge in [0.05, 0.1) is 16.9 Å². The molecule has 0 spiro atoms. The number of para-hydroxylation sites is 2. The van der Waals surface area contributed by atoms with Gasteiger partial charge in [-0.25, -0.2) is 4.68 Å². The zero-order valence-electron chi connectivity index (χ0n) is 14.2. The lowest BCUT2D eigenvalue weighted by Gasteiger charge is -2.05. The highest BCUT2D eigenvalue weighted by atomic mass is 16.1. The smallest absolute Gasteiger partial charge is 0.280 e. The third-order valence-corrected chi connectivity index (χ3v) is 4.16. The lowest BCUT2D eigenvalue weighted by Crippen LogP contribution is -2.17. The van der Waals surface area contributed by atoms with Gasteiger partial charge in [0.1, 0.15) is 0 Å². The minimum atomic E-state index is -0.0888. The maximum absolute atomic E-state index is 12.7. The van der Waals surface area contributed by atoms with E-state index in [1.807, 2.05) is 56.3 Å². The van der Waals surface area contributed by atoms with Crippen LogP contribution in [0.3, 0.4) is 0 Å². The number of benzene rings is 2. The number of H-pyrrole nitrogens is 1. The van der Waals surface area contributed by atoms with E-state index in [2.05, 4.69) is 23.1 Å². The topological polar surface area (TPSA) is 50.1 Å². The second kappa shape index (κ2) is 6.71. The lowest BCUT2D eigenvalue weighted by atomic mass is 10.1. The molecule has 4 nitrogen and oxygen atoms in total. The summed E-state index contributed by atoms with van der Waals surface area (Å²) in [6, 6.07) is 15.7. The third kappa shape index (κ3) is 2.95. The van der Waals surface area contributed by atoms with Crippen molar-refractivity contribution < 1.29 is 0 Å². The molecule has 0 aliphatic rings. The molecule has 1 aromatic heterocycles. The summed E-state index contributed by atoms with van der Waals surface area (Å²) in [5.74, 6) is 0. The standard InChI is InChI=1S/C20H21N3O/c1-4-16-10-8-9-14(2)19(16)21-13-18-15(3)22-23(20(18)24)17-11-6-5-7-12-17/h5-13,22H,4H2,1-3H3. The average molecular weight is 319 g/mol. The molecule has 0 amide bonds. The summed E-state index contributed by atoms with van der Waals surface area (Å²) in [5.41, 5.74) is 5.36. The van der Waals surface area contributed by atoms with Crippen molar-refractivity contribution in [1.82, 2.24) is 9.78 Å². The Kier molecular flexibility index (Phi) is 4.47. The Hall–Kier alpha value is -2.88. The Morgan fingerprint density at radius 3 is 2.54 bits per heavy atom. The van der Waals surface area contributed by atoms with Crippen LogP contribution in [0.1, 0.15) is 29.3 Å². The van der Waals surface area contributed by atoms with Crippen LogP contribution < -0.4 is 5.56 Å². The molecular weight excluding hydrogens is 298 g/mol. The molecule has 0 aliphatic carbocycles. The van der Waals surface area contributed by atoms with Crippen LogP contribution in [0.15, 0.2) is 58.3 Å². The van der Waals surface area contributed by atoms with E-state index in [4.69, 9.17) is 0 Å². The van der Waals surface area contributed by atoms with Crippen molar-refractivity contribution in [2.45, 2.75) is 27.2 Å². The second-order valence-corrected chi connectivity index (χ2v) is 5.82. The maximum Gasteiger partial charge on any atom is 0.280 e. The molecule has 0 saturated heterocycles. The molecule has 0 fully saturated rings. The predicted octanol–water partition coefficient (Wildman–Crippen LogP) is 4.10. The van der Waals surface area contributed by atoms with E-state index in [0.29, 0.717) is 5.56 Å². The number of aryl methyl sites for hydroxylation is 3. The van der Waals surface area contributed by atoms with Crippen LogP contribution in [0.2, 0.25) is 0 Å². The third-order valence-electron chi connectivity index (χ3n) is 4.16. The van der Waals surface area contributed by atoms with Crippen molar-refractivity contribution in [2.75, 3.05) is 0 Å². The van der Waals surface area contributed by atoms with Gasteiger partial charge < -0.3 is 0 Å². The van der Waals surface area contributed by atoms with Gasteiger partial charge >= 0.3 is 0 Å². The van der Waals surface area contributed by atoms with Crippen molar-refractivity contribution >= 4 is 11.9 Å². The van der Waals surface area contributed by atoms with Crippen LogP contribution in [0.5, 0.6) is 0 Å². The van der Waals surface area contributed by atoms with Gasteiger partial charge in [-0.05, 0) is 43.5 Å². The average Bonchev–Trinajstić information content (AvgIpc) is 2.89. The number of aromatic nitrogens is 2. The molecular formula is C20H21N3O. The number of rotatable bonds is 4. The highest BCUT2D eigenvalue weighted by molar-refractivity contribution is 5.83. The van der Waals surface area contributed by atoms with Gasteiger partial charge in [0.25, 0.3) is 5.56 Å². The molecule has 0 aliphatic heterocycles. The van der Waals surface area contributed by atoms with Gasteiger partial charge in [-0.1, -0.05) is 43.3 Å². The van der Waals surface area contributed by atoms with Crippen LogP contribution >= 0.6 is 0 Å². The number of aromatic amines is 1. The Morgan fingerprint density at radius 1 is 1.08 bits per heavy atom. The SMILES string of the molecule is CCc1cccc(C)c1N=Cc1c(C)[nH]n(-c2ccccc2)c1=O. The molecule has 24 heavy (non-hydrogen) atoms. The van der Waals surface area contributed by atoms with Crippen molar-refractivity contribution in [3.8, 4) is 5.69 Å². The fourth-order valence-corrected chi connectivity index (χ4v) is 2.79. The van der Waals surface area contributed by atoms with E-state index in [9.17, 15) is 4.79 Å². The molecule has 0 radical (unpaired) electrons. The summed E-state index contributed by atoms with van der Waals surface area (Å²) in [5, 5.41) is 3.12. The van der Waals surface area contributed by atoms with E-state index in [1.54, 1.807) is 10.9 Å². The molecule has 0 unspecified atom stereocenters. The van der Waals surface area contributed by atoms with Crippen LogP contribution in [0.25, 0.3) is 5.69 Å². The van der Waals surface area contributed by atoms with Crippen LogP contribution in [-0.4, -0.2) is 16.0 Å². The van der Waals surface area contributed by atoms with E-state index in [0.717, 1.165) is 29.1 Å². The first-order chi connectivity index (χ1) is 11.6. The second-order valence-electron chi connectivity index (χ2n) is 5.82. The van der Waals surface area contributed by atoms with Crippen molar-refractivity contribution in [3.05, 3.63) is 81.3 Å². The fourth-order valence-electron chi connectivity index (χ4n) is 2.79. The Labute approximate surface area is 141 Å². The molecule has 122 valence electrons. The van der Waals surface area contributed by atoms with Gasteiger partial charge in [0, 0.05) is 11.9 Å². The quantitative estimate of drug-likeness (QED) is 0.723. The summed E-state index contributed by atoms with van der Waals surface area (Å²) < 4.78 is 1.55. The van der Waals surface area contributed by atoms with Gasteiger partial charge in [0.15, 0.2) is 0 Å². The molecule has 2 aromatic carbocycles. The molecule has 4 heteroatoms. The monoisotopic (exact) mass is 319 g/mol. The fraction of sp³-hybridized carbons (Fsp3) is 0.200. The Morgan fingerprint density at radius 2 is 1.83 bits per heavy atom. The normalized spacial score (nSPS) is 11.3. The number of hydrogen-bond donors (Lipinski definition) is 1. The Bertz CT molecular complexity index is 933. The number of nitrogens with zero attached hydrogens (tertiary/aromatic N) is 2. The molecule has 3 aromatic rings. The first kappa shape index (κ1) is 16.0. The van der Waals surface area contributed by atoms with Crippen molar-refractivity contribution in [2.24, 2.45) is 4.99 Å². The van der Waals surface area contributed by atoms with Crippen LogP contribution in [-0.2, 0) is 6.42 Å². The summed E-state index contributed by atoms with van der Waals surface area (Å²) in [7, 11) is 0. The van der Waals surface area contributed by atoms with Gasteiger partial charge in [-0.2, -0.15) is 0 Å². The Balaban J connectivity index is 2.04. The minimum absolute atomic E-state index is 0.0888. The molecule has 0 bridgehead atoms. The van der Waals surface area contributed by atoms with Gasteiger partial charge in [-0.15, -0.1) is 0 Å². The van der Waals surface area contributed by atoms with Gasteiger partial charge in [0.2, 0.25) is 0 Å². The summed E-state index contributed by atoms with van der Waals surface area (Å²) in [6.07, 6.45) is 2.59. The summed E-state index contributed by atoms with van der Waals surface area (Å²) in [4.78, 5) is 17.3. The molecule has 1 heterocycles. The van der Waals surface area contributed by atoms with E-state index >= 15 is 0 Å². The minimum Gasteiger partial charge on any atom is -0.295 e. The maximum atomic E-state index is 12.7. The molecule has 1 N–H and O–H groups in total. The molecule has 0 atom stereocenters. The number of hydrogen-bond acceptors (Lipinski definition) is 2. The van der Waals surface area contributed by atoms with Crippen molar-refractivity contribution in [3.63, 3.8) is 0 Å². The number of nitrogens with one attached hydrogen (secondary N) is 1. The number of aliphatic imine (C=N–C) groups is 1. The van der Waals surface area contributed by atoms with Crippen LogP contribution in [0.4, 0.5) is 5.69 Å². The largest absolute Gasteiger partial charge is 0.295 e. The first-order valence-corrected chi connectivity index (χ1v) is 8.11. The highest BCUT2D eigenvalue weighted by Gasteiger charge is 2.11. The van der Waals surface area contributed by atoms with E-state index in [-0.39, 0.29) is 5.56 Å². The highest BCUT2D eigenvalue weighted by Crippen LogP contribution is 2.24. The molecule has 3 rings (SSSR count). The molecule has 0 saturated carbocycles.